The zero-order valence-corrected chi connectivity index (χ0v) is 13.6. The summed E-state index contributed by atoms with van der Waals surface area (Å²) in [6.07, 6.45) is 3.25. The number of pyridine rings is 1. The zero-order chi connectivity index (χ0) is 17.3. The van der Waals surface area contributed by atoms with Crippen LogP contribution in [0.5, 0.6) is 23.0 Å². The van der Waals surface area contributed by atoms with Gasteiger partial charge in [0.1, 0.15) is 0 Å². The number of methoxy groups -OCH3 is 1. The Bertz CT molecular complexity index is 905. The van der Waals surface area contributed by atoms with Crippen molar-refractivity contribution in [2.24, 2.45) is 0 Å². The number of phenolic OH excluding ortho intramolecular Hbond substituents is 3. The summed E-state index contributed by atoms with van der Waals surface area (Å²) in [5.41, 5.74) is 2.35. The van der Waals surface area contributed by atoms with Crippen molar-refractivity contribution >= 4 is 10.8 Å². The predicted octanol–water partition coefficient (Wildman–Crippen LogP) is 3.98. The van der Waals surface area contributed by atoms with Crippen LogP contribution in [-0.4, -0.2) is 27.4 Å². The highest BCUT2D eigenvalue weighted by atomic mass is 16.5. The predicted molar refractivity (Wildman–Crippen MR) is 92.7 cm³/mol. The Balaban J connectivity index is 2.18. The third-order valence-corrected chi connectivity index (χ3v) is 4.05. The summed E-state index contributed by atoms with van der Waals surface area (Å²) in [6, 6.07) is 8.49. The molecule has 5 heteroatoms. The molecule has 1 aromatic heterocycles. The fourth-order valence-electron chi connectivity index (χ4n) is 2.83. The normalized spacial score (nSPS) is 10.9. The summed E-state index contributed by atoms with van der Waals surface area (Å²) in [5.74, 6) is 0.136. The average molecular weight is 325 g/mol. The van der Waals surface area contributed by atoms with E-state index >= 15 is 0 Å². The highest BCUT2D eigenvalue weighted by molar-refractivity contribution is 5.92. The van der Waals surface area contributed by atoms with E-state index in [9.17, 15) is 15.3 Å². The van der Waals surface area contributed by atoms with Crippen molar-refractivity contribution in [3.8, 4) is 34.3 Å². The van der Waals surface area contributed by atoms with Gasteiger partial charge in [0.15, 0.2) is 23.0 Å². The lowest BCUT2D eigenvalue weighted by atomic mass is 9.98. The quantitative estimate of drug-likeness (QED) is 0.632. The van der Waals surface area contributed by atoms with E-state index in [1.54, 1.807) is 18.3 Å². The number of aryl methyl sites for hydroxylation is 1. The van der Waals surface area contributed by atoms with E-state index in [0.29, 0.717) is 16.8 Å². The maximum Gasteiger partial charge on any atom is 0.167 e. The summed E-state index contributed by atoms with van der Waals surface area (Å²) in [4.78, 5) is 4.42. The minimum Gasteiger partial charge on any atom is -0.504 e. The fourth-order valence-corrected chi connectivity index (χ4v) is 2.83. The Hall–Kier alpha value is -2.95. The first kappa shape index (κ1) is 15.9. The number of aromatic hydroxyl groups is 3. The number of ether oxygens (including phenoxy) is 1. The summed E-state index contributed by atoms with van der Waals surface area (Å²) in [7, 11) is 1.50. The maximum atomic E-state index is 10.2. The molecule has 0 aliphatic rings. The fraction of sp³-hybridized carbons (Fsp3) is 0.211. The molecule has 0 saturated heterocycles. The molecule has 0 atom stereocenters. The van der Waals surface area contributed by atoms with E-state index in [1.807, 2.05) is 19.1 Å². The molecule has 0 radical (unpaired) electrons. The van der Waals surface area contributed by atoms with Gasteiger partial charge in [0.05, 0.1) is 12.8 Å². The lowest BCUT2D eigenvalue weighted by Gasteiger charge is -2.12. The van der Waals surface area contributed by atoms with Crippen LogP contribution in [0.1, 0.15) is 18.9 Å². The van der Waals surface area contributed by atoms with Crippen molar-refractivity contribution < 1.29 is 20.1 Å². The number of aromatic nitrogens is 1. The first-order valence-electron chi connectivity index (χ1n) is 7.76. The Kier molecular flexibility index (Phi) is 4.16. The molecule has 124 valence electrons. The topological polar surface area (TPSA) is 82.8 Å². The second-order valence-electron chi connectivity index (χ2n) is 5.66. The van der Waals surface area contributed by atoms with Gasteiger partial charge in [0.2, 0.25) is 0 Å². The van der Waals surface area contributed by atoms with Crippen LogP contribution in [0.15, 0.2) is 36.5 Å². The Morgan fingerprint density at radius 1 is 1.04 bits per heavy atom. The second-order valence-corrected chi connectivity index (χ2v) is 5.66. The zero-order valence-electron chi connectivity index (χ0n) is 13.6. The Morgan fingerprint density at radius 2 is 1.79 bits per heavy atom. The van der Waals surface area contributed by atoms with Crippen molar-refractivity contribution in [2.45, 2.75) is 19.8 Å². The number of fused-ring (bicyclic) bond motifs is 1. The lowest BCUT2D eigenvalue weighted by Crippen LogP contribution is -1.93. The second kappa shape index (κ2) is 6.28. The third-order valence-electron chi connectivity index (χ3n) is 4.05. The van der Waals surface area contributed by atoms with E-state index in [0.717, 1.165) is 29.4 Å². The average Bonchev–Trinajstić information content (AvgIpc) is 2.58. The number of hydrogen-bond acceptors (Lipinski definition) is 5. The molecule has 3 N–H and O–H groups in total. The molecule has 0 bridgehead atoms. The maximum absolute atomic E-state index is 10.2. The highest BCUT2D eigenvalue weighted by Crippen LogP contribution is 2.38. The van der Waals surface area contributed by atoms with Crippen LogP contribution >= 0.6 is 0 Å². The van der Waals surface area contributed by atoms with Crippen LogP contribution in [0, 0.1) is 0 Å². The molecule has 0 spiro atoms. The van der Waals surface area contributed by atoms with Crippen LogP contribution in [-0.2, 0) is 6.42 Å². The van der Waals surface area contributed by atoms with Gasteiger partial charge in [-0.25, -0.2) is 0 Å². The SMILES string of the molecule is CCCc1cc(O)c(O)cc1-c1cc2ccc(OC)c(O)c2cn1. The van der Waals surface area contributed by atoms with Gasteiger partial charge in [-0.3, -0.25) is 4.98 Å². The summed E-state index contributed by atoms with van der Waals surface area (Å²) < 4.78 is 5.11. The van der Waals surface area contributed by atoms with Gasteiger partial charge < -0.3 is 20.1 Å². The molecule has 1 heterocycles. The molecule has 5 nitrogen and oxygen atoms in total. The lowest BCUT2D eigenvalue weighted by molar-refractivity contribution is 0.376. The van der Waals surface area contributed by atoms with Gasteiger partial charge >= 0.3 is 0 Å². The molecule has 0 saturated carbocycles. The minimum atomic E-state index is -0.177. The van der Waals surface area contributed by atoms with E-state index in [-0.39, 0.29) is 17.2 Å². The van der Waals surface area contributed by atoms with E-state index in [4.69, 9.17) is 4.74 Å². The van der Waals surface area contributed by atoms with Crippen LogP contribution in [0.2, 0.25) is 0 Å². The number of nitrogens with zero attached hydrogens (tertiary/aromatic N) is 1. The van der Waals surface area contributed by atoms with Gasteiger partial charge in [0, 0.05) is 17.1 Å². The first-order valence-corrected chi connectivity index (χ1v) is 7.76. The smallest absolute Gasteiger partial charge is 0.167 e. The van der Waals surface area contributed by atoms with Crippen molar-refractivity contribution in [1.29, 1.82) is 0 Å². The number of hydrogen-bond donors (Lipinski definition) is 3. The first-order chi connectivity index (χ1) is 11.5. The Morgan fingerprint density at radius 3 is 2.50 bits per heavy atom. The van der Waals surface area contributed by atoms with Crippen molar-refractivity contribution in [3.63, 3.8) is 0 Å². The standard InChI is InChI=1S/C19H19NO4/c1-3-4-11-8-16(21)17(22)9-13(11)15-7-12-5-6-18(24-2)19(23)14(12)10-20-15/h5-10,21-23H,3-4H2,1-2H3. The van der Waals surface area contributed by atoms with Crippen molar-refractivity contribution in [3.05, 3.63) is 42.1 Å². The molecule has 0 unspecified atom stereocenters. The largest absolute Gasteiger partial charge is 0.504 e. The van der Waals surface area contributed by atoms with Crippen LogP contribution in [0.3, 0.4) is 0 Å². The highest BCUT2D eigenvalue weighted by Gasteiger charge is 2.13. The number of phenols is 3. The van der Waals surface area contributed by atoms with Gasteiger partial charge in [0.25, 0.3) is 0 Å². The van der Waals surface area contributed by atoms with Crippen molar-refractivity contribution in [1.82, 2.24) is 4.98 Å². The summed E-state index contributed by atoms with van der Waals surface area (Å²) >= 11 is 0. The van der Waals surface area contributed by atoms with Gasteiger partial charge in [-0.2, -0.15) is 0 Å². The van der Waals surface area contributed by atoms with E-state index in [2.05, 4.69) is 4.98 Å². The summed E-state index contributed by atoms with van der Waals surface area (Å²) in [6.45, 7) is 2.05. The van der Waals surface area contributed by atoms with Crippen LogP contribution in [0.4, 0.5) is 0 Å². The molecule has 3 rings (SSSR count). The van der Waals surface area contributed by atoms with E-state index < -0.39 is 0 Å². The third kappa shape index (κ3) is 2.69. The molecule has 2 aromatic carbocycles. The van der Waals surface area contributed by atoms with Crippen LogP contribution < -0.4 is 4.74 Å². The van der Waals surface area contributed by atoms with Crippen LogP contribution in [0.25, 0.3) is 22.0 Å². The van der Waals surface area contributed by atoms with E-state index in [1.165, 1.54) is 13.2 Å². The molecule has 0 amide bonds. The molecular weight excluding hydrogens is 306 g/mol. The monoisotopic (exact) mass is 325 g/mol. The minimum absolute atomic E-state index is 0.0522. The molecule has 0 fully saturated rings. The molecular formula is C19H19NO4. The molecule has 3 aromatic rings. The van der Waals surface area contributed by atoms with Gasteiger partial charge in [-0.15, -0.1) is 0 Å². The molecule has 24 heavy (non-hydrogen) atoms. The van der Waals surface area contributed by atoms with Gasteiger partial charge in [-0.05, 0) is 41.6 Å². The van der Waals surface area contributed by atoms with Crippen molar-refractivity contribution in [2.75, 3.05) is 7.11 Å². The number of rotatable bonds is 4. The number of benzene rings is 2. The Labute approximate surface area is 139 Å². The van der Waals surface area contributed by atoms with Gasteiger partial charge in [-0.1, -0.05) is 19.4 Å². The molecule has 0 aliphatic carbocycles. The summed E-state index contributed by atoms with van der Waals surface area (Å²) in [5, 5.41) is 31.2. The molecule has 0 aliphatic heterocycles.